The summed E-state index contributed by atoms with van der Waals surface area (Å²) in [5, 5.41) is 9.51. The zero-order chi connectivity index (χ0) is 16.1. The van der Waals surface area contributed by atoms with Crippen LogP contribution in [0.1, 0.15) is 50.4 Å². The van der Waals surface area contributed by atoms with E-state index in [1.165, 1.54) is 0 Å². The van der Waals surface area contributed by atoms with Crippen molar-refractivity contribution in [3.05, 3.63) is 39.7 Å². The molecular weight excluding hydrogens is 280 g/mol. The summed E-state index contributed by atoms with van der Waals surface area (Å²) in [6.07, 6.45) is 3.42. The molecule has 0 amide bonds. The van der Waals surface area contributed by atoms with Crippen molar-refractivity contribution in [3.63, 3.8) is 0 Å². The number of hydrogen-bond donors (Lipinski definition) is 1. The third-order valence-corrected chi connectivity index (χ3v) is 3.81. The van der Waals surface area contributed by atoms with Crippen LogP contribution in [0.4, 0.5) is 0 Å². The molecule has 0 aliphatic heterocycles. The monoisotopic (exact) mass is 304 g/mol. The molecule has 2 rings (SSSR count). The van der Waals surface area contributed by atoms with Gasteiger partial charge in [0.05, 0.1) is 12.5 Å². The number of hydrogen-bond acceptors (Lipinski definition) is 4. The Balaban J connectivity index is 2.47. The van der Waals surface area contributed by atoms with Crippen LogP contribution in [-0.4, -0.2) is 18.8 Å². The number of rotatable bonds is 7. The number of fused-ring (bicyclic) bond motifs is 1. The Hall–Kier alpha value is -1.81. The third kappa shape index (κ3) is 3.69. The van der Waals surface area contributed by atoms with Crippen molar-refractivity contribution in [3.8, 4) is 5.75 Å². The fraction of sp³-hybridized carbons (Fsp3) is 0.500. The summed E-state index contributed by atoms with van der Waals surface area (Å²) in [4.78, 5) is 12.5. The smallest absolute Gasteiger partial charge is 0.193 e. The molecule has 0 atom stereocenters. The van der Waals surface area contributed by atoms with E-state index in [1.54, 1.807) is 19.2 Å². The summed E-state index contributed by atoms with van der Waals surface area (Å²) >= 11 is 0. The third-order valence-electron chi connectivity index (χ3n) is 3.81. The average Bonchev–Trinajstić information content (AvgIpc) is 2.50. The van der Waals surface area contributed by atoms with Crippen LogP contribution < -0.4 is 10.2 Å². The van der Waals surface area contributed by atoms with Crippen LogP contribution in [0.2, 0.25) is 0 Å². The molecule has 1 aromatic heterocycles. The number of ether oxygens (including phenoxy) is 1. The van der Waals surface area contributed by atoms with Gasteiger partial charge in [0, 0.05) is 24.7 Å². The fourth-order valence-corrected chi connectivity index (χ4v) is 2.57. The van der Waals surface area contributed by atoms with Gasteiger partial charge in [-0.25, -0.2) is 0 Å². The SMILES string of the molecule is COc1cc(CCCCCO)c2c(=O)cc(C(C)C)oc2c1. The predicted octanol–water partition coefficient (Wildman–Crippen LogP) is 3.63. The maximum Gasteiger partial charge on any atom is 0.193 e. The summed E-state index contributed by atoms with van der Waals surface area (Å²) in [6.45, 7) is 4.21. The molecule has 22 heavy (non-hydrogen) atoms. The van der Waals surface area contributed by atoms with E-state index in [0.717, 1.165) is 31.2 Å². The van der Waals surface area contributed by atoms with Crippen molar-refractivity contribution in [2.24, 2.45) is 0 Å². The lowest BCUT2D eigenvalue weighted by Gasteiger charge is -2.11. The molecule has 4 heteroatoms. The molecule has 0 saturated carbocycles. The molecule has 0 aliphatic carbocycles. The Morgan fingerprint density at radius 1 is 1.18 bits per heavy atom. The minimum Gasteiger partial charge on any atom is -0.497 e. The Morgan fingerprint density at radius 2 is 1.95 bits per heavy atom. The molecule has 0 spiro atoms. The molecule has 0 radical (unpaired) electrons. The van der Waals surface area contributed by atoms with Gasteiger partial charge in [-0.05, 0) is 30.9 Å². The van der Waals surface area contributed by atoms with Gasteiger partial charge < -0.3 is 14.3 Å². The Labute approximate surface area is 130 Å². The van der Waals surface area contributed by atoms with Crippen molar-refractivity contribution in [1.82, 2.24) is 0 Å². The van der Waals surface area contributed by atoms with E-state index in [2.05, 4.69) is 0 Å². The first-order valence-electron chi connectivity index (χ1n) is 7.82. The van der Waals surface area contributed by atoms with Crippen molar-refractivity contribution in [1.29, 1.82) is 0 Å². The van der Waals surface area contributed by atoms with E-state index >= 15 is 0 Å². The predicted molar refractivity (Wildman–Crippen MR) is 87.8 cm³/mol. The van der Waals surface area contributed by atoms with Crippen LogP contribution in [-0.2, 0) is 6.42 Å². The van der Waals surface area contributed by atoms with E-state index in [0.29, 0.717) is 22.5 Å². The first kappa shape index (κ1) is 16.6. The van der Waals surface area contributed by atoms with Crippen molar-refractivity contribution in [2.75, 3.05) is 13.7 Å². The van der Waals surface area contributed by atoms with E-state index in [1.807, 2.05) is 19.9 Å². The van der Waals surface area contributed by atoms with Crippen molar-refractivity contribution in [2.45, 2.75) is 45.4 Å². The van der Waals surface area contributed by atoms with Crippen molar-refractivity contribution >= 4 is 11.0 Å². The number of aliphatic hydroxyl groups is 1. The van der Waals surface area contributed by atoms with Gasteiger partial charge >= 0.3 is 0 Å². The largest absolute Gasteiger partial charge is 0.497 e. The number of benzene rings is 1. The van der Waals surface area contributed by atoms with Crippen LogP contribution in [0.25, 0.3) is 11.0 Å². The molecule has 0 bridgehead atoms. The number of aliphatic hydroxyl groups excluding tert-OH is 1. The van der Waals surface area contributed by atoms with Gasteiger partial charge in [-0.2, -0.15) is 0 Å². The van der Waals surface area contributed by atoms with Gasteiger partial charge in [0.15, 0.2) is 5.43 Å². The molecule has 2 aromatic rings. The summed E-state index contributed by atoms with van der Waals surface area (Å²) in [7, 11) is 1.61. The molecular formula is C18H24O4. The van der Waals surface area contributed by atoms with Crippen LogP contribution >= 0.6 is 0 Å². The molecule has 120 valence electrons. The minimum atomic E-state index is 0.00441. The molecule has 0 aliphatic rings. The highest BCUT2D eigenvalue weighted by molar-refractivity contribution is 5.82. The molecule has 4 nitrogen and oxygen atoms in total. The van der Waals surface area contributed by atoms with Gasteiger partial charge in [0.1, 0.15) is 17.1 Å². The second-order valence-electron chi connectivity index (χ2n) is 5.86. The van der Waals surface area contributed by atoms with E-state index < -0.39 is 0 Å². The molecule has 0 unspecified atom stereocenters. The average molecular weight is 304 g/mol. The maximum atomic E-state index is 12.5. The minimum absolute atomic E-state index is 0.00441. The van der Waals surface area contributed by atoms with Crippen LogP contribution in [0.15, 0.2) is 27.4 Å². The van der Waals surface area contributed by atoms with E-state index in [9.17, 15) is 4.79 Å². The Kier molecular flexibility index (Phi) is 5.61. The molecule has 1 heterocycles. The second-order valence-corrected chi connectivity index (χ2v) is 5.86. The van der Waals surface area contributed by atoms with Crippen LogP contribution in [0, 0.1) is 0 Å². The van der Waals surface area contributed by atoms with Gasteiger partial charge in [-0.3, -0.25) is 4.79 Å². The quantitative estimate of drug-likeness (QED) is 0.794. The Morgan fingerprint density at radius 3 is 2.59 bits per heavy atom. The number of unbranched alkanes of at least 4 members (excludes halogenated alkanes) is 2. The normalized spacial score (nSPS) is 11.3. The first-order chi connectivity index (χ1) is 10.6. The zero-order valence-corrected chi connectivity index (χ0v) is 13.5. The highest BCUT2D eigenvalue weighted by atomic mass is 16.5. The van der Waals surface area contributed by atoms with Gasteiger partial charge in [0.25, 0.3) is 0 Å². The topological polar surface area (TPSA) is 59.7 Å². The summed E-state index contributed by atoms with van der Waals surface area (Å²) in [6, 6.07) is 5.28. The van der Waals surface area contributed by atoms with Gasteiger partial charge in [-0.15, -0.1) is 0 Å². The lowest BCUT2D eigenvalue weighted by atomic mass is 10.0. The number of aryl methyl sites for hydroxylation is 1. The highest BCUT2D eigenvalue weighted by Gasteiger charge is 2.13. The summed E-state index contributed by atoms with van der Waals surface area (Å²) in [5.74, 6) is 1.56. The van der Waals surface area contributed by atoms with E-state index in [4.69, 9.17) is 14.3 Å². The molecule has 1 N–H and O–H groups in total. The fourth-order valence-electron chi connectivity index (χ4n) is 2.57. The van der Waals surface area contributed by atoms with E-state index in [-0.39, 0.29) is 18.0 Å². The standard InChI is InChI=1S/C18H24O4/c1-12(2)16-11-15(20)18-13(7-5-4-6-8-19)9-14(21-3)10-17(18)22-16/h9-12,19H,4-8H2,1-3H3. The lowest BCUT2D eigenvalue weighted by Crippen LogP contribution is -2.07. The summed E-state index contributed by atoms with van der Waals surface area (Å²) < 4.78 is 11.2. The first-order valence-corrected chi connectivity index (χ1v) is 7.82. The lowest BCUT2D eigenvalue weighted by molar-refractivity contribution is 0.283. The molecule has 0 saturated heterocycles. The van der Waals surface area contributed by atoms with Crippen LogP contribution in [0.3, 0.4) is 0 Å². The van der Waals surface area contributed by atoms with Gasteiger partial charge in [0.2, 0.25) is 0 Å². The van der Waals surface area contributed by atoms with Crippen molar-refractivity contribution < 1.29 is 14.3 Å². The highest BCUT2D eigenvalue weighted by Crippen LogP contribution is 2.27. The molecule has 0 fully saturated rings. The number of methoxy groups -OCH3 is 1. The summed E-state index contributed by atoms with van der Waals surface area (Å²) in [5.41, 5.74) is 1.55. The van der Waals surface area contributed by atoms with Crippen LogP contribution in [0.5, 0.6) is 5.75 Å². The maximum absolute atomic E-state index is 12.5. The molecule has 1 aromatic carbocycles. The Bertz CT molecular complexity index is 685. The zero-order valence-electron chi connectivity index (χ0n) is 13.5. The second kappa shape index (κ2) is 7.45. The van der Waals surface area contributed by atoms with Gasteiger partial charge in [-0.1, -0.05) is 20.3 Å².